The van der Waals surface area contributed by atoms with Crippen LogP contribution in [0.5, 0.6) is 0 Å². The molecule has 0 spiro atoms. The second kappa shape index (κ2) is 14.3. The van der Waals surface area contributed by atoms with Gasteiger partial charge in [-0.1, -0.05) is 82.4 Å². The molecular formula is C25H42O6S. The minimum atomic E-state index is -3.79. The highest BCUT2D eigenvalue weighted by Gasteiger charge is 2.40. The van der Waals surface area contributed by atoms with Crippen molar-refractivity contribution in [2.24, 2.45) is 0 Å². The first-order chi connectivity index (χ1) is 15.3. The van der Waals surface area contributed by atoms with E-state index < -0.39 is 22.3 Å². The summed E-state index contributed by atoms with van der Waals surface area (Å²) in [6.45, 7) is 4.09. The maximum absolute atomic E-state index is 12.2. The lowest BCUT2D eigenvalue weighted by molar-refractivity contribution is 0.00647. The van der Waals surface area contributed by atoms with E-state index in [4.69, 9.17) is 8.92 Å². The molecule has 0 saturated carbocycles. The minimum absolute atomic E-state index is 0.0298. The third-order valence-electron chi connectivity index (χ3n) is 6.18. The number of aryl methyl sites for hydroxylation is 1. The Morgan fingerprint density at radius 3 is 2.06 bits per heavy atom. The zero-order chi connectivity index (χ0) is 23.4. The van der Waals surface area contributed by atoms with Gasteiger partial charge in [0.15, 0.2) is 0 Å². The highest BCUT2D eigenvalue weighted by atomic mass is 32.2. The van der Waals surface area contributed by atoms with Crippen LogP contribution in [0, 0.1) is 6.92 Å². The van der Waals surface area contributed by atoms with Crippen molar-refractivity contribution in [1.82, 2.24) is 0 Å². The maximum atomic E-state index is 12.2. The summed E-state index contributed by atoms with van der Waals surface area (Å²) in [7, 11) is -3.79. The Balaban J connectivity index is 1.51. The zero-order valence-electron chi connectivity index (χ0n) is 19.7. The van der Waals surface area contributed by atoms with Crippen LogP contribution in [-0.4, -0.2) is 49.7 Å². The standard InChI is InChI=1S/C25H42O6S/c1-3-4-5-6-7-8-9-10-11-12-22(26)23(27)17-18-24-25(31-24)19-30-32(28,29)21-15-13-20(2)14-16-21/h13-16,22-27H,3-12,17-19H2,1-2H3/t22-,23-,24+,25+/m1/s1. The highest BCUT2D eigenvalue weighted by Crippen LogP contribution is 2.29. The summed E-state index contributed by atoms with van der Waals surface area (Å²) < 4.78 is 35.0. The topological polar surface area (TPSA) is 96.4 Å². The molecule has 1 saturated heterocycles. The maximum Gasteiger partial charge on any atom is 0.297 e. The normalized spacial score (nSPS) is 20.2. The summed E-state index contributed by atoms with van der Waals surface area (Å²) >= 11 is 0. The van der Waals surface area contributed by atoms with E-state index in [-0.39, 0.29) is 23.7 Å². The second-order valence-corrected chi connectivity index (χ2v) is 10.7. The van der Waals surface area contributed by atoms with Crippen LogP contribution in [0.1, 0.15) is 89.5 Å². The zero-order valence-corrected chi connectivity index (χ0v) is 20.6. The summed E-state index contributed by atoms with van der Waals surface area (Å²) in [5, 5.41) is 20.4. The van der Waals surface area contributed by atoms with Gasteiger partial charge < -0.3 is 14.9 Å². The molecule has 7 heteroatoms. The predicted octanol–water partition coefficient (Wildman–Crippen LogP) is 4.89. The van der Waals surface area contributed by atoms with E-state index in [1.807, 2.05) is 6.92 Å². The lowest BCUT2D eigenvalue weighted by atomic mass is 10.00. The van der Waals surface area contributed by atoms with Gasteiger partial charge in [0.25, 0.3) is 10.1 Å². The van der Waals surface area contributed by atoms with Crippen molar-refractivity contribution < 1.29 is 27.6 Å². The average molecular weight is 471 g/mol. The number of aliphatic hydroxyl groups is 2. The largest absolute Gasteiger partial charge is 0.390 e. The molecule has 32 heavy (non-hydrogen) atoms. The molecular weight excluding hydrogens is 428 g/mol. The molecule has 0 unspecified atom stereocenters. The molecule has 0 aromatic heterocycles. The molecule has 4 atom stereocenters. The molecule has 6 nitrogen and oxygen atoms in total. The highest BCUT2D eigenvalue weighted by molar-refractivity contribution is 7.86. The fraction of sp³-hybridized carbons (Fsp3) is 0.760. The third-order valence-corrected chi connectivity index (χ3v) is 7.48. The van der Waals surface area contributed by atoms with Crippen LogP contribution >= 0.6 is 0 Å². The quantitative estimate of drug-likeness (QED) is 0.180. The van der Waals surface area contributed by atoms with Crippen LogP contribution in [0.25, 0.3) is 0 Å². The molecule has 2 N–H and O–H groups in total. The molecule has 2 rings (SSSR count). The van der Waals surface area contributed by atoms with Gasteiger partial charge in [0, 0.05) is 0 Å². The Morgan fingerprint density at radius 1 is 0.875 bits per heavy atom. The number of ether oxygens (including phenoxy) is 1. The molecule has 1 heterocycles. The molecule has 1 aromatic carbocycles. The van der Waals surface area contributed by atoms with Crippen molar-refractivity contribution in [3.05, 3.63) is 29.8 Å². The molecule has 1 aromatic rings. The van der Waals surface area contributed by atoms with Crippen molar-refractivity contribution in [2.45, 2.75) is 120 Å². The van der Waals surface area contributed by atoms with Crippen molar-refractivity contribution in [2.75, 3.05) is 6.61 Å². The monoisotopic (exact) mass is 470 g/mol. The van der Waals surface area contributed by atoms with Gasteiger partial charge in [0.2, 0.25) is 0 Å². The summed E-state index contributed by atoms with van der Waals surface area (Å²) in [6, 6.07) is 6.52. The van der Waals surface area contributed by atoms with Crippen LogP contribution < -0.4 is 0 Å². The van der Waals surface area contributed by atoms with Crippen LogP contribution in [0.4, 0.5) is 0 Å². The summed E-state index contributed by atoms with van der Waals surface area (Å²) in [5.74, 6) is 0. The number of benzene rings is 1. The van der Waals surface area contributed by atoms with E-state index >= 15 is 0 Å². The Labute approximate surface area is 194 Å². The molecule has 0 radical (unpaired) electrons. The first kappa shape index (κ1) is 27.3. The fourth-order valence-corrected chi connectivity index (χ4v) is 4.81. The smallest absolute Gasteiger partial charge is 0.297 e. The number of epoxide rings is 1. The molecule has 1 aliphatic heterocycles. The van der Waals surface area contributed by atoms with Crippen LogP contribution in [0.2, 0.25) is 0 Å². The molecule has 0 aliphatic carbocycles. The van der Waals surface area contributed by atoms with Crippen LogP contribution in [0.3, 0.4) is 0 Å². The molecule has 184 valence electrons. The number of hydrogen-bond acceptors (Lipinski definition) is 6. The van der Waals surface area contributed by atoms with Gasteiger partial charge in [0.05, 0.1) is 29.8 Å². The predicted molar refractivity (Wildman–Crippen MR) is 126 cm³/mol. The Kier molecular flexibility index (Phi) is 12.2. The SMILES string of the molecule is CCCCCCCCCCC[C@@H](O)[C@H](O)CC[C@@H]1O[C@H]1COS(=O)(=O)c1ccc(C)cc1. The fourth-order valence-electron chi connectivity index (χ4n) is 3.89. The van der Waals surface area contributed by atoms with Gasteiger partial charge in [-0.15, -0.1) is 0 Å². The van der Waals surface area contributed by atoms with Gasteiger partial charge in [-0.25, -0.2) is 0 Å². The van der Waals surface area contributed by atoms with Gasteiger partial charge in [-0.3, -0.25) is 4.18 Å². The third kappa shape index (κ3) is 10.3. The number of aliphatic hydroxyl groups excluding tert-OH is 2. The minimum Gasteiger partial charge on any atom is -0.390 e. The number of unbranched alkanes of at least 4 members (excludes halogenated alkanes) is 8. The van der Waals surface area contributed by atoms with Crippen LogP contribution in [0.15, 0.2) is 29.2 Å². The van der Waals surface area contributed by atoms with E-state index in [0.29, 0.717) is 19.3 Å². The van der Waals surface area contributed by atoms with Crippen LogP contribution in [-0.2, 0) is 19.0 Å². The van der Waals surface area contributed by atoms with Gasteiger partial charge in [0.1, 0.15) is 6.10 Å². The Hall–Kier alpha value is -0.990. The van der Waals surface area contributed by atoms with Gasteiger partial charge in [-0.05, 0) is 38.3 Å². The molecule has 0 bridgehead atoms. The molecule has 1 fully saturated rings. The van der Waals surface area contributed by atoms with Crippen molar-refractivity contribution >= 4 is 10.1 Å². The van der Waals surface area contributed by atoms with Gasteiger partial charge >= 0.3 is 0 Å². The van der Waals surface area contributed by atoms with Crippen molar-refractivity contribution in [3.63, 3.8) is 0 Å². The Bertz CT molecular complexity index is 733. The Morgan fingerprint density at radius 2 is 1.44 bits per heavy atom. The number of hydrogen-bond donors (Lipinski definition) is 2. The summed E-state index contributed by atoms with van der Waals surface area (Å²) in [6.07, 6.45) is 10.8. The van der Waals surface area contributed by atoms with E-state index in [1.54, 1.807) is 12.1 Å². The first-order valence-corrected chi connectivity index (χ1v) is 13.7. The lowest BCUT2D eigenvalue weighted by Gasteiger charge is -2.17. The summed E-state index contributed by atoms with van der Waals surface area (Å²) in [5.41, 5.74) is 0.980. The van der Waals surface area contributed by atoms with Gasteiger partial charge in [-0.2, -0.15) is 8.42 Å². The van der Waals surface area contributed by atoms with E-state index in [2.05, 4.69) is 6.92 Å². The molecule has 1 aliphatic rings. The first-order valence-electron chi connectivity index (χ1n) is 12.3. The number of rotatable bonds is 18. The van der Waals surface area contributed by atoms with E-state index in [9.17, 15) is 18.6 Å². The lowest BCUT2D eigenvalue weighted by Crippen LogP contribution is -2.26. The van der Waals surface area contributed by atoms with Crippen molar-refractivity contribution in [1.29, 1.82) is 0 Å². The molecule has 0 amide bonds. The van der Waals surface area contributed by atoms with Crippen molar-refractivity contribution in [3.8, 4) is 0 Å². The van der Waals surface area contributed by atoms with E-state index in [0.717, 1.165) is 18.4 Å². The average Bonchev–Trinajstić information content (AvgIpc) is 3.53. The summed E-state index contributed by atoms with van der Waals surface area (Å²) in [4.78, 5) is 0.135. The van der Waals surface area contributed by atoms with E-state index in [1.165, 1.54) is 57.1 Å². The second-order valence-electron chi connectivity index (χ2n) is 9.09.